The molecule has 1 aromatic heterocycles. The first-order valence-electron chi connectivity index (χ1n) is 9.08. The largest absolute Gasteiger partial charge is 0.376 e. The van der Waals surface area contributed by atoms with Crippen LogP contribution in [0.3, 0.4) is 0 Å². The van der Waals surface area contributed by atoms with Gasteiger partial charge in [-0.25, -0.2) is 0 Å². The fourth-order valence-electron chi connectivity index (χ4n) is 2.42. The summed E-state index contributed by atoms with van der Waals surface area (Å²) in [5.74, 6) is 6.39. The summed E-state index contributed by atoms with van der Waals surface area (Å²) in [5.41, 5.74) is 3.32. The lowest BCUT2D eigenvalue weighted by molar-refractivity contribution is -0.114. The summed E-state index contributed by atoms with van der Waals surface area (Å²) in [6.45, 7) is 6.21. The summed E-state index contributed by atoms with van der Waals surface area (Å²) in [4.78, 5) is 12.2. The lowest BCUT2D eigenvalue weighted by atomic mass is 9.92. The lowest BCUT2D eigenvalue weighted by Gasteiger charge is -2.12. The zero-order chi connectivity index (χ0) is 20.0. The Morgan fingerprint density at radius 2 is 1.71 bits per heavy atom. The standard InChI is InChI=1S/C23H23N3O2/c1-23(2,3)20-15-22(28-26-20)25-21(27)16-24-19-11-7-10-18(14-19)13-12-17-8-5-4-6-9-17/h4-11,14-15,24H,16H2,1-3H3,(H,25,27). The first-order valence-corrected chi connectivity index (χ1v) is 9.08. The molecule has 5 heteroatoms. The van der Waals surface area contributed by atoms with Crippen LogP contribution < -0.4 is 10.6 Å². The summed E-state index contributed by atoms with van der Waals surface area (Å²) in [5, 5.41) is 9.80. The van der Waals surface area contributed by atoms with Crippen LogP contribution in [0.1, 0.15) is 37.6 Å². The number of carbonyl (C=O) groups excluding carboxylic acids is 1. The quantitative estimate of drug-likeness (QED) is 0.664. The van der Waals surface area contributed by atoms with Crippen LogP contribution in [0.5, 0.6) is 0 Å². The minimum Gasteiger partial charge on any atom is -0.376 e. The number of nitrogens with one attached hydrogen (secondary N) is 2. The van der Waals surface area contributed by atoms with Gasteiger partial charge in [0.15, 0.2) is 0 Å². The van der Waals surface area contributed by atoms with E-state index in [4.69, 9.17) is 4.52 Å². The van der Waals surface area contributed by atoms with Crippen LogP contribution in [0.15, 0.2) is 65.2 Å². The first kappa shape index (κ1) is 19.2. The average molecular weight is 373 g/mol. The Balaban J connectivity index is 1.57. The molecule has 3 rings (SSSR count). The Labute approximate surface area is 165 Å². The van der Waals surface area contributed by atoms with Crippen molar-refractivity contribution in [3.63, 3.8) is 0 Å². The zero-order valence-corrected chi connectivity index (χ0v) is 16.2. The van der Waals surface area contributed by atoms with Crippen LogP contribution in [-0.2, 0) is 10.2 Å². The average Bonchev–Trinajstić information content (AvgIpc) is 3.15. The predicted octanol–water partition coefficient (Wildman–Crippen LogP) is 4.42. The van der Waals surface area contributed by atoms with E-state index in [9.17, 15) is 4.79 Å². The van der Waals surface area contributed by atoms with E-state index >= 15 is 0 Å². The molecule has 142 valence electrons. The molecule has 0 aliphatic heterocycles. The van der Waals surface area contributed by atoms with Gasteiger partial charge in [0.1, 0.15) is 0 Å². The number of carbonyl (C=O) groups is 1. The van der Waals surface area contributed by atoms with Gasteiger partial charge in [0.05, 0.1) is 12.2 Å². The van der Waals surface area contributed by atoms with Gasteiger partial charge in [-0.05, 0) is 30.3 Å². The number of benzene rings is 2. The van der Waals surface area contributed by atoms with Crippen LogP contribution >= 0.6 is 0 Å². The second kappa shape index (κ2) is 8.45. The van der Waals surface area contributed by atoms with Crippen molar-refractivity contribution in [2.45, 2.75) is 26.2 Å². The van der Waals surface area contributed by atoms with E-state index in [1.165, 1.54) is 0 Å². The van der Waals surface area contributed by atoms with Gasteiger partial charge in [-0.3, -0.25) is 10.1 Å². The molecule has 28 heavy (non-hydrogen) atoms. The molecule has 1 heterocycles. The third-order valence-electron chi connectivity index (χ3n) is 3.98. The van der Waals surface area contributed by atoms with Crippen LogP contribution in [0.4, 0.5) is 11.6 Å². The minimum absolute atomic E-state index is 0.112. The van der Waals surface area contributed by atoms with Crippen LogP contribution in [-0.4, -0.2) is 17.6 Å². The Hall–Kier alpha value is -3.52. The van der Waals surface area contributed by atoms with Crippen molar-refractivity contribution in [3.05, 3.63) is 77.5 Å². The van der Waals surface area contributed by atoms with E-state index in [1.807, 2.05) is 75.4 Å². The van der Waals surface area contributed by atoms with Crippen molar-refractivity contribution in [2.24, 2.45) is 0 Å². The molecule has 0 radical (unpaired) electrons. The van der Waals surface area contributed by atoms with Crippen molar-refractivity contribution in [1.82, 2.24) is 5.16 Å². The Morgan fingerprint density at radius 1 is 1.00 bits per heavy atom. The molecule has 0 saturated carbocycles. The van der Waals surface area contributed by atoms with Gasteiger partial charge in [-0.15, -0.1) is 0 Å². The number of hydrogen-bond donors (Lipinski definition) is 2. The Morgan fingerprint density at radius 3 is 2.43 bits per heavy atom. The SMILES string of the molecule is CC(C)(C)c1cc(NC(=O)CNc2cccc(C#Cc3ccccc3)c2)on1. The minimum atomic E-state index is -0.211. The molecular weight excluding hydrogens is 350 g/mol. The molecule has 3 aromatic rings. The van der Waals surface area contributed by atoms with E-state index in [0.29, 0.717) is 5.88 Å². The molecule has 0 spiro atoms. The van der Waals surface area contributed by atoms with Crippen molar-refractivity contribution in [2.75, 3.05) is 17.2 Å². The van der Waals surface area contributed by atoms with Crippen LogP contribution in [0.2, 0.25) is 0 Å². The summed E-state index contributed by atoms with van der Waals surface area (Å²) in [7, 11) is 0. The molecule has 0 aliphatic carbocycles. The highest BCUT2D eigenvalue weighted by molar-refractivity contribution is 5.92. The molecule has 2 aromatic carbocycles. The fraction of sp³-hybridized carbons (Fsp3) is 0.217. The second-order valence-electron chi connectivity index (χ2n) is 7.42. The normalized spacial score (nSPS) is 10.7. The zero-order valence-electron chi connectivity index (χ0n) is 16.2. The maximum Gasteiger partial charge on any atom is 0.246 e. The van der Waals surface area contributed by atoms with E-state index in [-0.39, 0.29) is 17.9 Å². The fourth-order valence-corrected chi connectivity index (χ4v) is 2.42. The molecule has 1 amide bonds. The van der Waals surface area contributed by atoms with Gasteiger partial charge in [-0.2, -0.15) is 0 Å². The summed E-state index contributed by atoms with van der Waals surface area (Å²) < 4.78 is 5.18. The number of anilines is 2. The molecule has 5 nitrogen and oxygen atoms in total. The molecule has 0 atom stereocenters. The van der Waals surface area contributed by atoms with Crippen LogP contribution in [0, 0.1) is 11.8 Å². The van der Waals surface area contributed by atoms with Gasteiger partial charge < -0.3 is 9.84 Å². The number of hydrogen-bond acceptors (Lipinski definition) is 4. The van der Waals surface area contributed by atoms with Gasteiger partial charge >= 0.3 is 0 Å². The highest BCUT2D eigenvalue weighted by Crippen LogP contribution is 2.23. The van der Waals surface area contributed by atoms with E-state index in [0.717, 1.165) is 22.5 Å². The molecule has 0 unspecified atom stereocenters. The number of amides is 1. The molecule has 0 aliphatic rings. The Kier molecular flexibility index (Phi) is 5.81. The van der Waals surface area contributed by atoms with Gasteiger partial charge in [-0.1, -0.05) is 62.0 Å². The molecule has 2 N–H and O–H groups in total. The third kappa shape index (κ3) is 5.49. The maximum absolute atomic E-state index is 12.2. The van der Waals surface area contributed by atoms with Gasteiger partial charge in [0.2, 0.25) is 11.8 Å². The van der Waals surface area contributed by atoms with E-state index < -0.39 is 0 Å². The van der Waals surface area contributed by atoms with Gasteiger partial charge in [0.25, 0.3) is 0 Å². The Bertz CT molecular complexity index is 1010. The van der Waals surface area contributed by atoms with Crippen molar-refractivity contribution in [1.29, 1.82) is 0 Å². The summed E-state index contributed by atoms with van der Waals surface area (Å²) >= 11 is 0. The highest BCUT2D eigenvalue weighted by atomic mass is 16.5. The number of rotatable bonds is 4. The molecule has 0 saturated heterocycles. The van der Waals surface area contributed by atoms with Gasteiger partial charge in [0, 0.05) is 28.3 Å². The lowest BCUT2D eigenvalue weighted by Crippen LogP contribution is -2.21. The third-order valence-corrected chi connectivity index (χ3v) is 3.98. The molecule has 0 fully saturated rings. The first-order chi connectivity index (χ1) is 13.4. The van der Waals surface area contributed by atoms with Crippen molar-refractivity contribution < 1.29 is 9.32 Å². The van der Waals surface area contributed by atoms with Crippen molar-refractivity contribution in [3.8, 4) is 11.8 Å². The summed E-state index contributed by atoms with van der Waals surface area (Å²) in [6.07, 6.45) is 0. The highest BCUT2D eigenvalue weighted by Gasteiger charge is 2.19. The maximum atomic E-state index is 12.2. The van der Waals surface area contributed by atoms with E-state index in [2.05, 4.69) is 27.6 Å². The van der Waals surface area contributed by atoms with Crippen LogP contribution in [0.25, 0.3) is 0 Å². The van der Waals surface area contributed by atoms with E-state index in [1.54, 1.807) is 6.07 Å². The second-order valence-corrected chi connectivity index (χ2v) is 7.42. The molecule has 0 bridgehead atoms. The predicted molar refractivity (Wildman–Crippen MR) is 111 cm³/mol. The topological polar surface area (TPSA) is 67.2 Å². The number of aromatic nitrogens is 1. The van der Waals surface area contributed by atoms with Crippen molar-refractivity contribution >= 4 is 17.5 Å². The smallest absolute Gasteiger partial charge is 0.246 e. The summed E-state index contributed by atoms with van der Waals surface area (Å²) in [6, 6.07) is 19.2. The monoisotopic (exact) mass is 373 g/mol. The number of nitrogens with zero attached hydrogens (tertiary/aromatic N) is 1. The molecular formula is C23H23N3O2.